The molecule has 1 aromatic heterocycles. The summed E-state index contributed by atoms with van der Waals surface area (Å²) in [6.07, 6.45) is 0.840. The number of amides is 2. The number of hydrogen-bond acceptors (Lipinski definition) is 4. The molecule has 0 fully saturated rings. The number of aliphatic carboxylic acids is 1. The van der Waals surface area contributed by atoms with Gasteiger partial charge >= 0.3 is 5.97 Å². The predicted octanol–water partition coefficient (Wildman–Crippen LogP) is 2.07. The maximum atomic E-state index is 12.1. The minimum absolute atomic E-state index is 0.0284. The van der Waals surface area contributed by atoms with Gasteiger partial charge in [0.1, 0.15) is 0 Å². The third kappa shape index (κ3) is 6.76. The van der Waals surface area contributed by atoms with Crippen LogP contribution in [0.3, 0.4) is 0 Å². The average Bonchev–Trinajstić information content (AvgIpc) is 3.13. The molecule has 7 heteroatoms. The van der Waals surface area contributed by atoms with Gasteiger partial charge in [-0.05, 0) is 29.9 Å². The van der Waals surface area contributed by atoms with Crippen LogP contribution in [0.5, 0.6) is 0 Å². The molecule has 0 aliphatic carbocycles. The van der Waals surface area contributed by atoms with Crippen LogP contribution in [0.25, 0.3) is 0 Å². The summed E-state index contributed by atoms with van der Waals surface area (Å²) in [6.45, 7) is -0.144. The van der Waals surface area contributed by atoms with Gasteiger partial charge in [-0.2, -0.15) is 0 Å². The molecule has 0 aliphatic rings. The quantitative estimate of drug-likeness (QED) is 0.638. The molecule has 1 unspecified atom stereocenters. The molecule has 0 radical (unpaired) electrons. The van der Waals surface area contributed by atoms with Crippen LogP contribution in [0.15, 0.2) is 47.8 Å². The number of rotatable bonds is 9. The molecule has 1 atom stereocenters. The number of thiophene rings is 1. The summed E-state index contributed by atoms with van der Waals surface area (Å²) in [4.78, 5) is 35.3. The molecule has 2 rings (SSSR count). The SMILES string of the molecule is O=C(O)CCC(Cc1ccccc1)NC(=O)CNC(=O)c1cccs1. The van der Waals surface area contributed by atoms with Gasteiger partial charge in [-0.25, -0.2) is 0 Å². The molecule has 6 nitrogen and oxygen atoms in total. The Hall–Kier alpha value is -2.67. The van der Waals surface area contributed by atoms with Crippen molar-refractivity contribution in [2.24, 2.45) is 0 Å². The summed E-state index contributed by atoms with van der Waals surface area (Å²) in [5.74, 6) is -1.54. The van der Waals surface area contributed by atoms with E-state index in [1.807, 2.05) is 30.3 Å². The predicted molar refractivity (Wildman–Crippen MR) is 95.6 cm³/mol. The summed E-state index contributed by atoms with van der Waals surface area (Å²) in [5.41, 5.74) is 1.01. The van der Waals surface area contributed by atoms with Crippen LogP contribution in [0, 0.1) is 0 Å². The Bertz CT molecular complexity index is 701. The fourth-order valence-corrected chi connectivity index (χ4v) is 3.00. The van der Waals surface area contributed by atoms with Crippen LogP contribution < -0.4 is 10.6 Å². The summed E-state index contributed by atoms with van der Waals surface area (Å²) in [6, 6.07) is 12.7. The van der Waals surface area contributed by atoms with Gasteiger partial charge in [-0.15, -0.1) is 11.3 Å². The molecule has 0 bridgehead atoms. The van der Waals surface area contributed by atoms with E-state index in [1.165, 1.54) is 11.3 Å². The Morgan fingerprint density at radius 2 is 1.84 bits per heavy atom. The molecule has 1 heterocycles. The molecule has 132 valence electrons. The Kier molecular flexibility index (Phi) is 7.16. The lowest BCUT2D eigenvalue weighted by Crippen LogP contribution is -2.43. The largest absolute Gasteiger partial charge is 0.481 e. The first-order valence-corrected chi connectivity index (χ1v) is 8.79. The van der Waals surface area contributed by atoms with Crippen LogP contribution >= 0.6 is 11.3 Å². The second-order valence-corrected chi connectivity index (χ2v) is 6.49. The highest BCUT2D eigenvalue weighted by atomic mass is 32.1. The van der Waals surface area contributed by atoms with Crippen LogP contribution in [-0.4, -0.2) is 35.5 Å². The van der Waals surface area contributed by atoms with Crippen LogP contribution in [0.4, 0.5) is 0 Å². The zero-order chi connectivity index (χ0) is 18.1. The van der Waals surface area contributed by atoms with E-state index in [2.05, 4.69) is 10.6 Å². The molecule has 0 saturated heterocycles. The first kappa shape index (κ1) is 18.7. The molecular weight excluding hydrogens is 340 g/mol. The molecular formula is C18H20N2O4S. The standard InChI is InChI=1S/C18H20N2O4S/c21-16(12-19-18(24)15-7-4-10-25-15)20-14(8-9-17(22)23)11-13-5-2-1-3-6-13/h1-7,10,14H,8-9,11-12H2,(H,19,24)(H,20,21)(H,22,23). The lowest BCUT2D eigenvalue weighted by Gasteiger charge is -2.18. The maximum Gasteiger partial charge on any atom is 0.303 e. The number of benzene rings is 1. The third-order valence-corrected chi connectivity index (χ3v) is 4.42. The minimum Gasteiger partial charge on any atom is -0.481 e. The minimum atomic E-state index is -0.904. The summed E-state index contributed by atoms with van der Waals surface area (Å²) < 4.78 is 0. The van der Waals surface area contributed by atoms with Crippen molar-refractivity contribution < 1.29 is 19.5 Å². The van der Waals surface area contributed by atoms with Gasteiger partial charge in [0.2, 0.25) is 5.91 Å². The fourth-order valence-electron chi connectivity index (χ4n) is 2.36. The van der Waals surface area contributed by atoms with E-state index in [9.17, 15) is 14.4 Å². The first-order chi connectivity index (χ1) is 12.0. The number of nitrogens with one attached hydrogen (secondary N) is 2. The van der Waals surface area contributed by atoms with Crippen LogP contribution in [0.1, 0.15) is 28.1 Å². The van der Waals surface area contributed by atoms with Crippen molar-refractivity contribution in [2.75, 3.05) is 6.54 Å². The molecule has 0 spiro atoms. The van der Waals surface area contributed by atoms with E-state index in [0.29, 0.717) is 17.7 Å². The Balaban J connectivity index is 1.87. The van der Waals surface area contributed by atoms with Crippen molar-refractivity contribution in [3.63, 3.8) is 0 Å². The van der Waals surface area contributed by atoms with E-state index >= 15 is 0 Å². The monoisotopic (exact) mass is 360 g/mol. The zero-order valence-corrected chi connectivity index (χ0v) is 14.4. The van der Waals surface area contributed by atoms with Crippen molar-refractivity contribution in [2.45, 2.75) is 25.3 Å². The second-order valence-electron chi connectivity index (χ2n) is 5.55. The van der Waals surface area contributed by atoms with Crippen molar-refractivity contribution in [3.05, 3.63) is 58.3 Å². The Labute approximate surface area is 149 Å². The van der Waals surface area contributed by atoms with E-state index in [0.717, 1.165) is 5.56 Å². The molecule has 1 aromatic carbocycles. The summed E-state index contributed by atoms with van der Waals surface area (Å²) in [7, 11) is 0. The topological polar surface area (TPSA) is 95.5 Å². The first-order valence-electron chi connectivity index (χ1n) is 7.91. The van der Waals surface area contributed by atoms with Crippen LogP contribution in [0.2, 0.25) is 0 Å². The normalized spacial score (nSPS) is 11.5. The molecule has 2 amide bonds. The van der Waals surface area contributed by atoms with Gasteiger partial charge < -0.3 is 15.7 Å². The lowest BCUT2D eigenvalue weighted by atomic mass is 10.0. The Morgan fingerprint density at radius 1 is 1.08 bits per heavy atom. The van der Waals surface area contributed by atoms with Crippen molar-refractivity contribution in [3.8, 4) is 0 Å². The number of carboxylic acid groups (broad SMARTS) is 1. The van der Waals surface area contributed by atoms with Gasteiger partial charge in [0.05, 0.1) is 11.4 Å². The van der Waals surface area contributed by atoms with E-state index in [4.69, 9.17) is 5.11 Å². The van der Waals surface area contributed by atoms with Crippen molar-refractivity contribution >= 4 is 29.1 Å². The molecule has 25 heavy (non-hydrogen) atoms. The highest BCUT2D eigenvalue weighted by Crippen LogP contribution is 2.09. The van der Waals surface area contributed by atoms with Gasteiger partial charge in [-0.1, -0.05) is 36.4 Å². The summed E-state index contributed by atoms with van der Waals surface area (Å²) in [5, 5.41) is 16.0. The Morgan fingerprint density at radius 3 is 2.48 bits per heavy atom. The maximum absolute atomic E-state index is 12.1. The van der Waals surface area contributed by atoms with Crippen molar-refractivity contribution in [1.29, 1.82) is 0 Å². The van der Waals surface area contributed by atoms with E-state index in [-0.39, 0.29) is 30.8 Å². The number of carbonyl (C=O) groups is 3. The average molecular weight is 360 g/mol. The summed E-state index contributed by atoms with van der Waals surface area (Å²) >= 11 is 1.30. The van der Waals surface area contributed by atoms with Gasteiger partial charge in [-0.3, -0.25) is 14.4 Å². The lowest BCUT2D eigenvalue weighted by molar-refractivity contribution is -0.137. The highest BCUT2D eigenvalue weighted by molar-refractivity contribution is 7.12. The van der Waals surface area contributed by atoms with Crippen molar-refractivity contribution in [1.82, 2.24) is 10.6 Å². The van der Waals surface area contributed by atoms with Gasteiger partial charge in [0.25, 0.3) is 5.91 Å². The molecule has 2 aromatic rings. The molecule has 0 aliphatic heterocycles. The van der Waals surface area contributed by atoms with Gasteiger partial charge in [0, 0.05) is 12.5 Å². The van der Waals surface area contributed by atoms with E-state index in [1.54, 1.807) is 17.5 Å². The highest BCUT2D eigenvalue weighted by Gasteiger charge is 2.16. The number of hydrogen-bond donors (Lipinski definition) is 3. The van der Waals surface area contributed by atoms with Gasteiger partial charge in [0.15, 0.2) is 0 Å². The van der Waals surface area contributed by atoms with Crippen LogP contribution in [-0.2, 0) is 16.0 Å². The molecule has 0 saturated carbocycles. The second kappa shape index (κ2) is 9.58. The fraction of sp³-hybridized carbons (Fsp3) is 0.278. The number of carboxylic acids is 1. The zero-order valence-electron chi connectivity index (χ0n) is 13.6. The number of carbonyl (C=O) groups excluding carboxylic acids is 2. The smallest absolute Gasteiger partial charge is 0.303 e. The van der Waals surface area contributed by atoms with E-state index < -0.39 is 5.97 Å². The molecule has 3 N–H and O–H groups in total. The third-order valence-electron chi connectivity index (χ3n) is 3.55.